The Morgan fingerprint density at radius 1 is 1.62 bits per heavy atom. The van der Waals surface area contributed by atoms with Crippen molar-refractivity contribution < 1.29 is 4.74 Å². The van der Waals surface area contributed by atoms with Gasteiger partial charge in [0.2, 0.25) is 0 Å². The molecular weight excluding hydrogens is 164 g/mol. The highest BCUT2D eigenvalue weighted by Crippen LogP contribution is 2.15. The largest absolute Gasteiger partial charge is 0.377 e. The topological polar surface area (TPSA) is 34.2 Å². The maximum atomic E-state index is 5.09. The van der Waals surface area contributed by atoms with E-state index in [4.69, 9.17) is 4.74 Å². The fourth-order valence-corrected chi connectivity index (χ4v) is 1.37. The van der Waals surface area contributed by atoms with Gasteiger partial charge < -0.3 is 10.1 Å². The molecule has 2 rings (SSSR count). The standard InChI is InChI=1S/C10H14N2O/c1-2-8-4-3-5-11-10(8)12-9-6-13-7-9/h3-5,9H,2,6-7H2,1H3,(H,11,12). The van der Waals surface area contributed by atoms with Gasteiger partial charge in [0, 0.05) is 6.20 Å². The summed E-state index contributed by atoms with van der Waals surface area (Å²) < 4.78 is 5.09. The number of nitrogens with zero attached hydrogens (tertiary/aromatic N) is 1. The van der Waals surface area contributed by atoms with Crippen molar-refractivity contribution >= 4 is 5.82 Å². The molecule has 2 heterocycles. The average molecular weight is 178 g/mol. The molecule has 1 aliphatic rings. The van der Waals surface area contributed by atoms with E-state index in [-0.39, 0.29) is 0 Å². The molecule has 0 spiro atoms. The van der Waals surface area contributed by atoms with Crippen molar-refractivity contribution in [2.45, 2.75) is 19.4 Å². The second-order valence-corrected chi connectivity index (χ2v) is 3.24. The van der Waals surface area contributed by atoms with Crippen LogP contribution in [0.25, 0.3) is 0 Å². The maximum absolute atomic E-state index is 5.09. The summed E-state index contributed by atoms with van der Waals surface area (Å²) in [5.74, 6) is 1.01. The van der Waals surface area contributed by atoms with E-state index in [1.54, 1.807) is 0 Å². The lowest BCUT2D eigenvalue weighted by Gasteiger charge is -2.28. The molecule has 1 N–H and O–H groups in total. The lowest BCUT2D eigenvalue weighted by atomic mass is 10.2. The quantitative estimate of drug-likeness (QED) is 0.760. The number of rotatable bonds is 3. The van der Waals surface area contributed by atoms with Gasteiger partial charge in [0.05, 0.1) is 19.3 Å². The van der Waals surface area contributed by atoms with Gasteiger partial charge in [-0.15, -0.1) is 0 Å². The molecule has 0 amide bonds. The highest BCUT2D eigenvalue weighted by atomic mass is 16.5. The molecule has 1 aliphatic heterocycles. The molecule has 0 aliphatic carbocycles. The number of hydrogen-bond acceptors (Lipinski definition) is 3. The Labute approximate surface area is 78.1 Å². The third kappa shape index (κ3) is 1.80. The molecule has 3 nitrogen and oxygen atoms in total. The maximum Gasteiger partial charge on any atom is 0.129 e. The van der Waals surface area contributed by atoms with E-state index >= 15 is 0 Å². The van der Waals surface area contributed by atoms with Crippen molar-refractivity contribution in [3.05, 3.63) is 23.9 Å². The summed E-state index contributed by atoms with van der Waals surface area (Å²) in [6, 6.07) is 4.54. The molecule has 0 unspecified atom stereocenters. The van der Waals surface area contributed by atoms with Crippen molar-refractivity contribution in [1.82, 2.24) is 4.98 Å². The molecular formula is C10H14N2O. The summed E-state index contributed by atoms with van der Waals surface area (Å²) in [5.41, 5.74) is 1.27. The monoisotopic (exact) mass is 178 g/mol. The smallest absolute Gasteiger partial charge is 0.129 e. The summed E-state index contributed by atoms with van der Waals surface area (Å²) in [7, 11) is 0. The Kier molecular flexibility index (Phi) is 2.45. The zero-order valence-electron chi connectivity index (χ0n) is 7.79. The lowest BCUT2D eigenvalue weighted by Crippen LogP contribution is -2.40. The van der Waals surface area contributed by atoms with E-state index in [0.717, 1.165) is 25.5 Å². The zero-order valence-corrected chi connectivity index (χ0v) is 7.79. The van der Waals surface area contributed by atoms with Gasteiger partial charge >= 0.3 is 0 Å². The number of aryl methyl sites for hydroxylation is 1. The predicted molar refractivity (Wildman–Crippen MR) is 51.8 cm³/mol. The van der Waals surface area contributed by atoms with E-state index < -0.39 is 0 Å². The molecule has 1 aromatic rings. The molecule has 3 heteroatoms. The van der Waals surface area contributed by atoms with Gasteiger partial charge in [-0.3, -0.25) is 0 Å². The summed E-state index contributed by atoms with van der Waals surface area (Å²) >= 11 is 0. The first-order valence-corrected chi connectivity index (χ1v) is 4.68. The second kappa shape index (κ2) is 3.75. The Hall–Kier alpha value is -1.09. The van der Waals surface area contributed by atoms with Gasteiger partial charge in [0.25, 0.3) is 0 Å². The van der Waals surface area contributed by atoms with Gasteiger partial charge in [0.1, 0.15) is 5.82 Å². The van der Waals surface area contributed by atoms with Crippen LogP contribution in [-0.4, -0.2) is 24.2 Å². The molecule has 0 atom stereocenters. The summed E-state index contributed by atoms with van der Waals surface area (Å²) in [4.78, 5) is 4.30. The summed E-state index contributed by atoms with van der Waals surface area (Å²) in [6.07, 6.45) is 2.84. The van der Waals surface area contributed by atoms with Gasteiger partial charge in [-0.05, 0) is 18.1 Å². The SMILES string of the molecule is CCc1cccnc1NC1COC1. The Bertz CT molecular complexity index is 284. The minimum atomic E-state index is 0.459. The number of anilines is 1. The first-order chi connectivity index (χ1) is 6.40. The van der Waals surface area contributed by atoms with Gasteiger partial charge in [-0.25, -0.2) is 4.98 Å². The number of aromatic nitrogens is 1. The van der Waals surface area contributed by atoms with Crippen molar-refractivity contribution in [2.24, 2.45) is 0 Å². The number of pyridine rings is 1. The summed E-state index contributed by atoms with van der Waals surface area (Å²) in [6.45, 7) is 3.75. The number of ether oxygens (including phenoxy) is 1. The molecule has 1 saturated heterocycles. The Balaban J connectivity index is 2.08. The van der Waals surface area contributed by atoms with Crippen molar-refractivity contribution in [2.75, 3.05) is 18.5 Å². The van der Waals surface area contributed by atoms with Crippen LogP contribution in [0.4, 0.5) is 5.82 Å². The van der Waals surface area contributed by atoms with E-state index in [1.165, 1.54) is 5.56 Å². The van der Waals surface area contributed by atoms with Gasteiger partial charge in [-0.1, -0.05) is 13.0 Å². The van der Waals surface area contributed by atoms with Crippen LogP contribution in [0.5, 0.6) is 0 Å². The van der Waals surface area contributed by atoms with E-state index in [0.29, 0.717) is 6.04 Å². The fourth-order valence-electron chi connectivity index (χ4n) is 1.37. The molecule has 1 fully saturated rings. The van der Waals surface area contributed by atoms with Crippen molar-refractivity contribution in [3.63, 3.8) is 0 Å². The number of hydrogen-bond donors (Lipinski definition) is 1. The first-order valence-electron chi connectivity index (χ1n) is 4.68. The average Bonchev–Trinajstić information content (AvgIpc) is 2.12. The van der Waals surface area contributed by atoms with Crippen LogP contribution in [0, 0.1) is 0 Å². The molecule has 1 aromatic heterocycles. The molecule has 0 radical (unpaired) electrons. The lowest BCUT2D eigenvalue weighted by molar-refractivity contribution is 0.0209. The summed E-state index contributed by atoms with van der Waals surface area (Å²) in [5, 5.41) is 3.36. The van der Waals surface area contributed by atoms with Gasteiger partial charge in [0.15, 0.2) is 0 Å². The number of nitrogens with one attached hydrogen (secondary N) is 1. The highest BCUT2D eigenvalue weighted by molar-refractivity contribution is 5.44. The highest BCUT2D eigenvalue weighted by Gasteiger charge is 2.18. The predicted octanol–water partition coefficient (Wildman–Crippen LogP) is 1.45. The van der Waals surface area contributed by atoms with Crippen molar-refractivity contribution in [1.29, 1.82) is 0 Å². The zero-order chi connectivity index (χ0) is 9.10. The van der Waals surface area contributed by atoms with Crippen LogP contribution in [0.3, 0.4) is 0 Å². The normalized spacial score (nSPS) is 16.7. The van der Waals surface area contributed by atoms with Crippen molar-refractivity contribution in [3.8, 4) is 0 Å². The van der Waals surface area contributed by atoms with E-state index in [1.807, 2.05) is 12.3 Å². The minimum absolute atomic E-state index is 0.459. The van der Waals surface area contributed by atoms with Crippen LogP contribution >= 0.6 is 0 Å². The second-order valence-electron chi connectivity index (χ2n) is 3.24. The molecule has 0 saturated carbocycles. The first kappa shape index (κ1) is 8.51. The molecule has 13 heavy (non-hydrogen) atoms. The minimum Gasteiger partial charge on any atom is -0.377 e. The molecule has 0 bridgehead atoms. The van der Waals surface area contributed by atoms with E-state index in [9.17, 15) is 0 Å². The Morgan fingerprint density at radius 2 is 2.46 bits per heavy atom. The van der Waals surface area contributed by atoms with Crippen LogP contribution in [0.2, 0.25) is 0 Å². The van der Waals surface area contributed by atoms with Crippen LogP contribution in [0.15, 0.2) is 18.3 Å². The third-order valence-corrected chi connectivity index (χ3v) is 2.25. The van der Waals surface area contributed by atoms with Gasteiger partial charge in [-0.2, -0.15) is 0 Å². The van der Waals surface area contributed by atoms with Crippen LogP contribution in [-0.2, 0) is 11.2 Å². The van der Waals surface area contributed by atoms with Crippen LogP contribution in [0.1, 0.15) is 12.5 Å². The Morgan fingerprint density at radius 3 is 3.08 bits per heavy atom. The molecule has 0 aromatic carbocycles. The third-order valence-electron chi connectivity index (χ3n) is 2.25. The van der Waals surface area contributed by atoms with E-state index in [2.05, 4.69) is 23.3 Å². The fraction of sp³-hybridized carbons (Fsp3) is 0.500. The molecule has 70 valence electrons. The van der Waals surface area contributed by atoms with Crippen LogP contribution < -0.4 is 5.32 Å².